The van der Waals surface area contributed by atoms with Gasteiger partial charge in [-0.15, -0.1) is 5.69 Å². The van der Waals surface area contributed by atoms with E-state index < -0.39 is 8.07 Å². The van der Waals surface area contributed by atoms with Crippen LogP contribution < -0.4 is 0 Å². The largest absolute Gasteiger partial charge is 0.430 e. The van der Waals surface area contributed by atoms with Gasteiger partial charge in [-0.3, -0.25) is 0 Å². The van der Waals surface area contributed by atoms with Gasteiger partial charge in [-0.05, 0) is 6.04 Å². The molecule has 0 N–H and O–H groups in total. The third-order valence-corrected chi connectivity index (χ3v) is 4.19. The Morgan fingerprint density at radius 3 is 2.38 bits per heavy atom. The summed E-state index contributed by atoms with van der Waals surface area (Å²) in [5.41, 5.74) is 2.17. The van der Waals surface area contributed by atoms with Crippen LogP contribution in [0, 0.1) is 20.2 Å². The van der Waals surface area contributed by atoms with Gasteiger partial charge in [-0.1, -0.05) is 39.2 Å². The number of aromatic nitrogens is 2. The molecule has 0 aliphatic rings. The van der Waals surface area contributed by atoms with E-state index in [4.69, 9.17) is 4.74 Å². The first-order valence-electron chi connectivity index (χ1n) is 5.39. The summed E-state index contributed by atoms with van der Waals surface area (Å²) in [5, 5.41) is 0. The van der Waals surface area contributed by atoms with Crippen LogP contribution in [0.2, 0.25) is 25.7 Å². The van der Waals surface area contributed by atoms with Crippen molar-refractivity contribution in [3.05, 3.63) is 17.7 Å². The van der Waals surface area contributed by atoms with E-state index in [0.29, 0.717) is 6.73 Å². The van der Waals surface area contributed by atoms with Gasteiger partial charge in [0.05, 0.1) is 0 Å². The fraction of sp³-hybridized carbons (Fsp3) is 0.727. The molecule has 0 unspecified atom stereocenters. The van der Waals surface area contributed by atoms with E-state index >= 15 is 0 Å². The van der Waals surface area contributed by atoms with Crippen LogP contribution in [0.5, 0.6) is 0 Å². The number of imidazole rings is 1. The van der Waals surface area contributed by atoms with Gasteiger partial charge in [0.15, 0.2) is 0 Å². The van der Waals surface area contributed by atoms with Gasteiger partial charge < -0.3 is 14.3 Å². The minimum absolute atomic E-state index is 0. The monoisotopic (exact) mass is 314 g/mol. The third-order valence-electron chi connectivity index (χ3n) is 2.48. The molecule has 1 heterocycles. The molecule has 0 saturated heterocycles. The molecule has 0 spiro atoms. The predicted molar refractivity (Wildman–Crippen MR) is 64.6 cm³/mol. The maximum Gasteiger partial charge on any atom is 0.102 e. The second kappa shape index (κ2) is 7.04. The van der Waals surface area contributed by atoms with Crippen LogP contribution in [0.15, 0.2) is 0 Å². The summed E-state index contributed by atoms with van der Waals surface area (Å²) in [6, 6.07) is 1.21. The van der Waals surface area contributed by atoms with Crippen molar-refractivity contribution in [2.24, 2.45) is 0 Å². The molecule has 3 nitrogen and oxygen atoms in total. The van der Waals surface area contributed by atoms with Crippen LogP contribution in [0.25, 0.3) is 0 Å². The zero-order chi connectivity index (χ0) is 11.5. The first kappa shape index (κ1) is 16.5. The van der Waals surface area contributed by atoms with Crippen molar-refractivity contribution in [3.8, 4) is 0 Å². The summed E-state index contributed by atoms with van der Waals surface area (Å²) >= 11 is 0. The van der Waals surface area contributed by atoms with Crippen LogP contribution in [0.4, 0.5) is 0 Å². The molecule has 5 heteroatoms. The number of hydrogen-bond acceptors (Lipinski definition) is 2. The van der Waals surface area contributed by atoms with Gasteiger partial charge in [-0.2, -0.15) is 0 Å². The second-order valence-corrected chi connectivity index (χ2v) is 10.8. The van der Waals surface area contributed by atoms with Crippen molar-refractivity contribution in [2.75, 3.05) is 6.61 Å². The Balaban J connectivity index is 0.00000225. The molecule has 0 fully saturated rings. The van der Waals surface area contributed by atoms with E-state index in [-0.39, 0.29) is 32.7 Å². The first-order chi connectivity index (χ1) is 6.90. The van der Waals surface area contributed by atoms with Crippen molar-refractivity contribution in [3.63, 3.8) is 0 Å². The summed E-state index contributed by atoms with van der Waals surface area (Å²) in [6.45, 7) is 12.5. The van der Waals surface area contributed by atoms with Gasteiger partial charge in [0.2, 0.25) is 0 Å². The molecule has 1 rings (SSSR count). The molecule has 0 aliphatic carbocycles. The van der Waals surface area contributed by atoms with Gasteiger partial charge in [0.25, 0.3) is 0 Å². The third kappa shape index (κ3) is 5.71. The smallest absolute Gasteiger partial charge is 0.102 e. The molecular weight excluding hydrogens is 293 g/mol. The van der Waals surface area contributed by atoms with Crippen LogP contribution >= 0.6 is 0 Å². The summed E-state index contributed by atoms with van der Waals surface area (Å²) in [4.78, 5) is 4.11. The molecule has 16 heavy (non-hydrogen) atoms. The van der Waals surface area contributed by atoms with E-state index in [2.05, 4.69) is 31.0 Å². The minimum Gasteiger partial charge on any atom is -0.430 e. The van der Waals surface area contributed by atoms with E-state index in [9.17, 15) is 0 Å². The van der Waals surface area contributed by atoms with Gasteiger partial charge in [0, 0.05) is 53.7 Å². The fourth-order valence-corrected chi connectivity index (χ4v) is 1.90. The molecule has 1 radical (unpaired) electrons. The Kier molecular flexibility index (Phi) is 7.26. The SMILES string of the molecule is Cc1n[c-]n(COCC[Si](C)(C)C)c1C.[Y]. The molecule has 0 amide bonds. The first-order valence-corrected chi connectivity index (χ1v) is 9.10. The quantitative estimate of drug-likeness (QED) is 0.474. The average molecular weight is 314 g/mol. The van der Waals surface area contributed by atoms with E-state index in [1.807, 2.05) is 18.4 Å². The van der Waals surface area contributed by atoms with Gasteiger partial charge in [-0.25, -0.2) is 0 Å². The van der Waals surface area contributed by atoms with E-state index in [1.165, 1.54) is 6.04 Å². The molecule has 0 bridgehead atoms. The normalized spacial score (nSPS) is 11.3. The van der Waals surface area contributed by atoms with Crippen molar-refractivity contribution in [1.29, 1.82) is 0 Å². The van der Waals surface area contributed by atoms with Crippen LogP contribution in [0.1, 0.15) is 11.4 Å². The van der Waals surface area contributed by atoms with Crippen molar-refractivity contribution in [2.45, 2.75) is 46.3 Å². The summed E-state index contributed by atoms with van der Waals surface area (Å²) in [6.07, 6.45) is 2.92. The summed E-state index contributed by atoms with van der Waals surface area (Å²) in [5.74, 6) is 0. The van der Waals surface area contributed by atoms with Crippen molar-refractivity contribution >= 4 is 8.07 Å². The number of ether oxygens (including phenoxy) is 1. The fourth-order valence-electron chi connectivity index (χ4n) is 1.15. The van der Waals surface area contributed by atoms with Crippen molar-refractivity contribution < 1.29 is 37.4 Å². The van der Waals surface area contributed by atoms with E-state index in [0.717, 1.165) is 18.0 Å². The maximum absolute atomic E-state index is 5.62. The molecular formula is C11H21N2OSiY-. The number of nitrogens with zero attached hydrogens (tertiary/aromatic N) is 2. The van der Waals surface area contributed by atoms with Crippen LogP contribution in [-0.4, -0.2) is 24.2 Å². The topological polar surface area (TPSA) is 27.1 Å². The second-order valence-electron chi connectivity index (χ2n) is 5.16. The zero-order valence-corrected chi connectivity index (χ0v) is 14.8. The molecule has 0 aromatic carbocycles. The molecule has 1 aromatic rings. The zero-order valence-electron chi connectivity index (χ0n) is 11.0. The Labute approximate surface area is 125 Å². The summed E-state index contributed by atoms with van der Waals surface area (Å²) in [7, 11) is -0.964. The molecule has 0 aliphatic heterocycles. The van der Waals surface area contributed by atoms with Gasteiger partial charge in [0.1, 0.15) is 6.73 Å². The molecule has 1 aromatic heterocycles. The summed E-state index contributed by atoms with van der Waals surface area (Å²) < 4.78 is 7.55. The standard InChI is InChI=1S/C11H21N2OSi.Y/c1-10-11(2)13(8-12-10)9-14-6-7-15(3,4)5;/h6-7,9H2,1-5H3;/q-1;. The Hall–Kier alpha value is 0.491. The Morgan fingerprint density at radius 2 is 1.94 bits per heavy atom. The Morgan fingerprint density at radius 1 is 1.31 bits per heavy atom. The van der Waals surface area contributed by atoms with Crippen LogP contribution in [0.3, 0.4) is 0 Å². The number of aryl methyl sites for hydroxylation is 1. The number of rotatable bonds is 5. The van der Waals surface area contributed by atoms with Gasteiger partial charge >= 0.3 is 0 Å². The molecule has 0 atom stereocenters. The van der Waals surface area contributed by atoms with E-state index in [1.54, 1.807) is 0 Å². The predicted octanol–water partition coefficient (Wildman–Crippen LogP) is 2.61. The maximum atomic E-state index is 5.62. The molecule has 89 valence electrons. The average Bonchev–Trinajstić information content (AvgIpc) is 2.42. The van der Waals surface area contributed by atoms with Crippen LogP contribution in [-0.2, 0) is 44.2 Å². The Bertz CT molecular complexity index is 320. The molecule has 0 saturated carbocycles. The minimum atomic E-state index is -0.964. The van der Waals surface area contributed by atoms with Crippen molar-refractivity contribution in [1.82, 2.24) is 9.55 Å². The number of hydrogen-bond donors (Lipinski definition) is 0.